The number of carbonyl (C=O) groups excluding carboxylic acids is 1. The molecule has 2 aliphatic rings. The van der Waals surface area contributed by atoms with Crippen LogP contribution in [0.1, 0.15) is 22.4 Å². The predicted molar refractivity (Wildman–Crippen MR) is 158 cm³/mol. The Balaban J connectivity index is 1.39. The zero-order valence-corrected chi connectivity index (χ0v) is 26.2. The minimum absolute atomic E-state index is 0.0327. The Morgan fingerprint density at radius 3 is 2.70 bits per heavy atom. The molecule has 0 saturated carbocycles. The van der Waals surface area contributed by atoms with Gasteiger partial charge in [-0.15, -0.1) is 0 Å². The van der Waals surface area contributed by atoms with Crippen LogP contribution in [-0.4, -0.2) is 78.6 Å². The van der Waals surface area contributed by atoms with Crippen LogP contribution < -0.4 is 17.0 Å². The summed E-state index contributed by atoms with van der Waals surface area (Å²) in [5.41, 5.74) is 11.2. The van der Waals surface area contributed by atoms with Gasteiger partial charge in [-0.2, -0.15) is 4.98 Å². The Hall–Kier alpha value is -2.84. The highest BCUT2D eigenvalue weighted by molar-refractivity contribution is 8.44. The molecule has 1 fully saturated rings. The highest BCUT2D eigenvalue weighted by Gasteiger charge is 2.51. The van der Waals surface area contributed by atoms with Crippen molar-refractivity contribution in [3.8, 4) is 0 Å². The number of anilines is 1. The van der Waals surface area contributed by atoms with Gasteiger partial charge in [0.15, 0.2) is 23.0 Å². The lowest BCUT2D eigenvalue weighted by Crippen LogP contribution is -2.37. The van der Waals surface area contributed by atoms with E-state index in [9.17, 15) is 18.7 Å². The molecule has 19 nitrogen and oxygen atoms in total. The van der Waals surface area contributed by atoms with Crippen molar-refractivity contribution in [3.63, 3.8) is 0 Å². The predicted octanol–water partition coefficient (Wildman–Crippen LogP) is 1.18. The number of nitrogens with one attached hydrogen (secondary N) is 1. The smallest absolute Gasteiger partial charge is 0.376 e. The van der Waals surface area contributed by atoms with Gasteiger partial charge in [0.25, 0.3) is 5.56 Å². The summed E-state index contributed by atoms with van der Waals surface area (Å²) in [6, 6.07) is 1.43. The largest absolute Gasteiger partial charge is 0.387 e. The number of carbonyl (C=O) groups is 1. The number of nitrogens with zero attached hydrogens (tertiary/aromatic N) is 6. The van der Waals surface area contributed by atoms with E-state index in [1.807, 2.05) is 0 Å². The fourth-order valence-corrected chi connectivity index (χ4v) is 7.44. The van der Waals surface area contributed by atoms with Crippen molar-refractivity contribution in [3.05, 3.63) is 40.3 Å². The molecule has 2 aliphatic heterocycles. The first kappa shape index (κ1) is 31.2. The molecule has 1 amide bonds. The summed E-state index contributed by atoms with van der Waals surface area (Å²) in [5, 5.41) is 0. The van der Waals surface area contributed by atoms with E-state index in [2.05, 4.69) is 49.4 Å². The van der Waals surface area contributed by atoms with Gasteiger partial charge in [-0.05, 0) is 6.07 Å². The number of nitrogens with two attached hydrogens (primary N) is 2. The molecule has 0 aliphatic carbocycles. The number of thiol groups is 2. The number of aromatic amines is 1. The van der Waals surface area contributed by atoms with Gasteiger partial charge < -0.3 is 25.5 Å². The highest BCUT2D eigenvalue weighted by atomic mass is 32.7. The Kier molecular flexibility index (Phi) is 8.37. The molecule has 44 heavy (non-hydrogen) atoms. The van der Waals surface area contributed by atoms with Crippen LogP contribution in [-0.2, 0) is 49.9 Å². The monoisotopic (exact) mass is 689 g/mol. The normalized spacial score (nSPS) is 30.2. The summed E-state index contributed by atoms with van der Waals surface area (Å²) in [7, 11) is 1.34. The van der Waals surface area contributed by atoms with Crippen LogP contribution in [0.25, 0.3) is 22.3 Å². The van der Waals surface area contributed by atoms with Gasteiger partial charge in [0, 0.05) is 19.9 Å². The Bertz CT molecular complexity index is 1920. The molecule has 6 atom stereocenters. The lowest BCUT2D eigenvalue weighted by Gasteiger charge is -2.26. The molecule has 4 aromatic rings. The number of hydrogen-bond donors (Lipinski definition) is 5. The number of H-pyrrole nitrogens is 1. The van der Waals surface area contributed by atoms with E-state index in [0.717, 1.165) is 0 Å². The van der Waals surface area contributed by atoms with Crippen LogP contribution in [0, 0.1) is 0 Å². The molecule has 23 heteroatoms. The van der Waals surface area contributed by atoms with E-state index in [-0.39, 0.29) is 53.8 Å². The van der Waals surface area contributed by atoms with E-state index in [1.54, 1.807) is 4.57 Å². The fraction of sp³-hybridized carbons (Fsp3) is 0.429. The first-order valence-electron chi connectivity index (χ1n) is 12.7. The van der Waals surface area contributed by atoms with E-state index in [1.165, 1.54) is 30.3 Å². The van der Waals surface area contributed by atoms with Gasteiger partial charge in [0.05, 0.1) is 25.1 Å². The number of ether oxygens (including phenoxy) is 2. The zero-order valence-electron chi connectivity index (χ0n) is 22.6. The molecule has 5 N–H and O–H groups in total. The molecule has 1 saturated heterocycles. The quantitative estimate of drug-likeness (QED) is 0.150. The number of imidazole rings is 2. The molecular weight excluding hydrogens is 664 g/mol. The Morgan fingerprint density at radius 1 is 1.16 bits per heavy atom. The maximum Gasteiger partial charge on any atom is 0.387 e. The second-order valence-electron chi connectivity index (χ2n) is 9.56. The van der Waals surface area contributed by atoms with Gasteiger partial charge in [-0.25, -0.2) is 24.1 Å². The maximum atomic E-state index is 13.7. The van der Waals surface area contributed by atoms with Crippen molar-refractivity contribution in [2.75, 3.05) is 26.1 Å². The molecule has 236 valence electrons. The van der Waals surface area contributed by atoms with Crippen molar-refractivity contribution in [2.45, 2.75) is 37.7 Å². The second-order valence-corrected chi connectivity index (χ2v) is 15.4. The van der Waals surface area contributed by atoms with Crippen molar-refractivity contribution in [2.24, 2.45) is 5.73 Å². The Morgan fingerprint density at radius 2 is 1.95 bits per heavy atom. The van der Waals surface area contributed by atoms with Gasteiger partial charge >= 0.3 is 13.6 Å². The van der Waals surface area contributed by atoms with Crippen LogP contribution in [0.4, 0.5) is 5.95 Å². The minimum Gasteiger partial charge on any atom is -0.376 e. The number of amides is 1. The van der Waals surface area contributed by atoms with Crippen molar-refractivity contribution in [1.82, 2.24) is 34.1 Å². The van der Waals surface area contributed by atoms with Gasteiger partial charge in [0.1, 0.15) is 36.3 Å². The molecule has 6 rings (SSSR count). The number of rotatable bonds is 3. The minimum atomic E-state index is -4.24. The summed E-state index contributed by atoms with van der Waals surface area (Å²) in [6.45, 7) is -9.12. The van der Waals surface area contributed by atoms with Crippen LogP contribution >= 0.6 is 38.1 Å². The van der Waals surface area contributed by atoms with E-state index >= 15 is 0 Å². The third kappa shape index (κ3) is 6.04. The zero-order chi connectivity index (χ0) is 31.4. The molecule has 4 aromatic heterocycles. The molecule has 0 aromatic carbocycles. The van der Waals surface area contributed by atoms with E-state index in [0.29, 0.717) is 5.65 Å². The summed E-state index contributed by atoms with van der Waals surface area (Å²) in [5.74, 6) is -0.701. The number of fused-ring (bicyclic) bond motifs is 6. The van der Waals surface area contributed by atoms with E-state index in [4.69, 9.17) is 39.0 Å². The third-order valence-corrected chi connectivity index (χ3v) is 10.1. The van der Waals surface area contributed by atoms with Crippen LogP contribution in [0.15, 0.2) is 23.4 Å². The average molecular weight is 690 g/mol. The van der Waals surface area contributed by atoms with Gasteiger partial charge in [-0.3, -0.25) is 37.2 Å². The number of aromatic nitrogens is 7. The number of pyridine rings is 1. The molecule has 6 heterocycles. The molecular formula is C21H25N9O10P2S2. The third-order valence-electron chi connectivity index (χ3n) is 6.81. The van der Waals surface area contributed by atoms with Crippen LogP contribution in [0.5, 0.6) is 0 Å². The SMILES string of the molecule is CO[C@H]1[C@H]2OP(=O)(S)OCc3nc4cc(C(N)=O)cnc4n3CCOP(=O)(S)OC[C@H]1O[C@H]2n1cnc2c(=O)[nH]c(N)nc21. The number of nitrogen functional groups attached to an aromatic ring is 1. The second kappa shape index (κ2) is 11.8. The molecule has 0 spiro atoms. The van der Waals surface area contributed by atoms with Crippen molar-refractivity contribution in [1.29, 1.82) is 0 Å². The summed E-state index contributed by atoms with van der Waals surface area (Å²) >= 11 is 8.27. The Labute approximate surface area is 257 Å². The highest BCUT2D eigenvalue weighted by Crippen LogP contribution is 2.58. The van der Waals surface area contributed by atoms with E-state index < -0.39 is 56.2 Å². The van der Waals surface area contributed by atoms with Crippen molar-refractivity contribution < 1.29 is 41.5 Å². The van der Waals surface area contributed by atoms with Crippen LogP contribution in [0.3, 0.4) is 0 Å². The first-order chi connectivity index (χ1) is 20.9. The van der Waals surface area contributed by atoms with Gasteiger partial charge in [-0.1, -0.05) is 24.5 Å². The lowest BCUT2D eigenvalue weighted by atomic mass is 10.1. The topological polar surface area (TPSA) is 253 Å². The number of methoxy groups -OCH3 is 1. The number of hydrogen-bond acceptors (Lipinski definition) is 15. The van der Waals surface area contributed by atoms with Crippen LogP contribution in [0.2, 0.25) is 0 Å². The molecule has 0 radical (unpaired) electrons. The fourth-order valence-electron chi connectivity index (χ4n) is 4.91. The summed E-state index contributed by atoms with van der Waals surface area (Å²) < 4.78 is 64.0. The first-order valence-corrected chi connectivity index (χ1v) is 18.1. The molecule has 2 unspecified atom stereocenters. The molecule has 2 bridgehead atoms. The lowest BCUT2D eigenvalue weighted by molar-refractivity contribution is -0.0497. The average Bonchev–Trinajstić information content (AvgIpc) is 3.63. The van der Waals surface area contributed by atoms with Gasteiger partial charge in [0.2, 0.25) is 11.9 Å². The summed E-state index contributed by atoms with van der Waals surface area (Å²) in [4.78, 5) is 43.4. The van der Waals surface area contributed by atoms with Crippen molar-refractivity contribution >= 4 is 72.3 Å². The number of primary amides is 1. The maximum absolute atomic E-state index is 13.7. The standard InChI is InChI=1S/C21H25N9O10P2S2/c1-35-14-11-6-37-41(33,43)36-3-2-29-12(26-10-4-9(16(22)31)5-24-17(10)29)7-38-42(34,44)40-15(14)20(39-11)30-8-25-13-18(30)27-21(23)28-19(13)32/h4-5,8,11,14-15,20H,2-3,6-7H2,1H3,(H2,22,31)(H,33,43)(H,34,44)(H3,23,27,28,32)/t11-,14-,15-,20-,41?,42?/m1/s1. The summed E-state index contributed by atoms with van der Waals surface area (Å²) in [6.07, 6.45) is -1.90.